The summed E-state index contributed by atoms with van der Waals surface area (Å²) >= 11 is 0. The van der Waals surface area contributed by atoms with Crippen LogP contribution in [-0.4, -0.2) is 68.6 Å². The number of hydrogen-bond acceptors (Lipinski definition) is 5. The third-order valence-electron chi connectivity index (χ3n) is 2.84. The lowest BCUT2D eigenvalue weighted by molar-refractivity contribution is -0.131. The molecule has 0 aliphatic heterocycles. The fourth-order valence-corrected chi connectivity index (χ4v) is 1.49. The molecule has 0 radical (unpaired) electrons. The van der Waals surface area contributed by atoms with Crippen molar-refractivity contribution < 1.29 is 14.4 Å². The van der Waals surface area contributed by atoms with Crippen LogP contribution in [0, 0.1) is 0 Å². The number of likely N-dealkylation sites (N-methyl/N-ethyl adjacent to an activating group) is 1. The molecule has 8 nitrogen and oxygen atoms in total. The minimum atomic E-state index is -0.437. The number of carbonyl (C=O) groups is 3. The lowest BCUT2D eigenvalue weighted by Crippen LogP contribution is -2.43. The molecular formula is C14H25N5O3. The molecule has 0 aromatic carbocycles. The van der Waals surface area contributed by atoms with Crippen molar-refractivity contribution in [1.82, 2.24) is 15.5 Å². The van der Waals surface area contributed by atoms with Crippen LogP contribution in [0.1, 0.15) is 13.3 Å². The summed E-state index contributed by atoms with van der Waals surface area (Å²) in [6, 6.07) is 0. The zero-order valence-electron chi connectivity index (χ0n) is 13.4. The van der Waals surface area contributed by atoms with Crippen LogP contribution in [0.25, 0.3) is 0 Å². The van der Waals surface area contributed by atoms with Gasteiger partial charge in [-0.25, -0.2) is 0 Å². The first-order chi connectivity index (χ1) is 10.4. The van der Waals surface area contributed by atoms with Crippen LogP contribution in [0.15, 0.2) is 17.1 Å². The first kappa shape index (κ1) is 19.8. The molecular weight excluding hydrogens is 286 g/mol. The van der Waals surface area contributed by atoms with Gasteiger partial charge in [0, 0.05) is 32.8 Å². The summed E-state index contributed by atoms with van der Waals surface area (Å²) in [4.78, 5) is 39.8. The number of carbonyl (C=O) groups excluding carboxylic acids is 3. The first-order valence-electron chi connectivity index (χ1n) is 7.00. The molecule has 0 spiro atoms. The molecule has 0 unspecified atom stereocenters. The molecule has 0 rings (SSSR count). The molecule has 0 aliphatic carbocycles. The van der Waals surface area contributed by atoms with E-state index >= 15 is 0 Å². The Labute approximate surface area is 130 Å². The molecule has 0 saturated carbocycles. The van der Waals surface area contributed by atoms with Gasteiger partial charge >= 0.3 is 0 Å². The molecule has 0 bridgehead atoms. The van der Waals surface area contributed by atoms with Crippen LogP contribution < -0.4 is 16.4 Å². The molecule has 22 heavy (non-hydrogen) atoms. The Hall–Kier alpha value is -2.22. The van der Waals surface area contributed by atoms with Gasteiger partial charge < -0.3 is 21.3 Å². The summed E-state index contributed by atoms with van der Waals surface area (Å²) in [5.74, 6) is -1.07. The second-order valence-corrected chi connectivity index (χ2v) is 4.54. The number of nitrogens with one attached hydrogen (secondary N) is 2. The van der Waals surface area contributed by atoms with Crippen molar-refractivity contribution in [3.05, 3.63) is 12.2 Å². The predicted octanol–water partition coefficient (Wildman–Crippen LogP) is -1.33. The van der Waals surface area contributed by atoms with Crippen LogP contribution in [0.3, 0.4) is 0 Å². The Morgan fingerprint density at radius 3 is 2.36 bits per heavy atom. The van der Waals surface area contributed by atoms with Crippen LogP contribution in [-0.2, 0) is 14.4 Å². The van der Waals surface area contributed by atoms with Crippen molar-refractivity contribution in [3.8, 4) is 0 Å². The standard InChI is InChI=1S/C14H25N5O3/c1-4-5-11(16-2)6-7-19(3)14(22)10-18-13(21)9-17-12(20)8-15/h4-5H,6-10,15H2,1-3H3,(H,17,20)(H,18,21)/b5-4-,16-11?. The molecule has 0 aliphatic rings. The van der Waals surface area contributed by atoms with Gasteiger partial charge in [-0.3, -0.25) is 19.4 Å². The average molecular weight is 311 g/mol. The monoisotopic (exact) mass is 311 g/mol. The lowest BCUT2D eigenvalue weighted by atomic mass is 10.2. The highest BCUT2D eigenvalue weighted by Gasteiger charge is 2.11. The van der Waals surface area contributed by atoms with E-state index in [2.05, 4.69) is 15.6 Å². The molecule has 0 fully saturated rings. The highest BCUT2D eigenvalue weighted by Crippen LogP contribution is 1.94. The van der Waals surface area contributed by atoms with Gasteiger partial charge in [0.05, 0.1) is 19.6 Å². The van der Waals surface area contributed by atoms with E-state index in [9.17, 15) is 14.4 Å². The second-order valence-electron chi connectivity index (χ2n) is 4.54. The Bertz CT molecular complexity index is 446. The van der Waals surface area contributed by atoms with E-state index in [4.69, 9.17) is 5.73 Å². The van der Waals surface area contributed by atoms with Crippen molar-refractivity contribution in [3.63, 3.8) is 0 Å². The molecule has 0 saturated heterocycles. The van der Waals surface area contributed by atoms with Gasteiger partial charge in [-0.15, -0.1) is 0 Å². The van der Waals surface area contributed by atoms with Crippen molar-refractivity contribution in [1.29, 1.82) is 0 Å². The largest absolute Gasteiger partial charge is 0.346 e. The Kier molecular flexibility index (Phi) is 10.3. The quantitative estimate of drug-likeness (QED) is 0.457. The van der Waals surface area contributed by atoms with Gasteiger partial charge in [0.2, 0.25) is 17.7 Å². The molecule has 0 aromatic rings. The maximum absolute atomic E-state index is 11.8. The SMILES string of the molecule is C/C=C\C(CCN(C)C(=O)CNC(=O)CNC(=O)CN)=NC. The topological polar surface area (TPSA) is 117 Å². The molecule has 0 aromatic heterocycles. The van der Waals surface area contributed by atoms with Crippen LogP contribution in [0.4, 0.5) is 0 Å². The minimum Gasteiger partial charge on any atom is -0.346 e. The summed E-state index contributed by atoms with van der Waals surface area (Å²) < 4.78 is 0. The van der Waals surface area contributed by atoms with E-state index in [0.717, 1.165) is 5.71 Å². The summed E-state index contributed by atoms with van der Waals surface area (Å²) in [5, 5.41) is 4.76. The molecule has 8 heteroatoms. The maximum atomic E-state index is 11.8. The first-order valence-corrected chi connectivity index (χ1v) is 7.00. The zero-order valence-corrected chi connectivity index (χ0v) is 13.4. The van der Waals surface area contributed by atoms with E-state index in [1.165, 1.54) is 4.90 Å². The van der Waals surface area contributed by atoms with Crippen molar-refractivity contribution in [2.45, 2.75) is 13.3 Å². The van der Waals surface area contributed by atoms with E-state index in [1.807, 2.05) is 19.1 Å². The van der Waals surface area contributed by atoms with Crippen LogP contribution in [0.2, 0.25) is 0 Å². The van der Waals surface area contributed by atoms with Gasteiger partial charge in [0.1, 0.15) is 0 Å². The second kappa shape index (κ2) is 11.4. The van der Waals surface area contributed by atoms with Crippen molar-refractivity contribution in [2.24, 2.45) is 10.7 Å². The number of allylic oxidation sites excluding steroid dienone is 2. The highest BCUT2D eigenvalue weighted by atomic mass is 16.2. The Morgan fingerprint density at radius 1 is 1.18 bits per heavy atom. The lowest BCUT2D eigenvalue weighted by Gasteiger charge is -2.17. The van der Waals surface area contributed by atoms with Gasteiger partial charge in [-0.1, -0.05) is 6.08 Å². The smallest absolute Gasteiger partial charge is 0.241 e. The number of rotatable bonds is 9. The summed E-state index contributed by atoms with van der Waals surface area (Å²) in [5.41, 5.74) is 5.99. The van der Waals surface area contributed by atoms with E-state index in [0.29, 0.717) is 13.0 Å². The number of hydrogen-bond donors (Lipinski definition) is 3. The van der Waals surface area contributed by atoms with E-state index < -0.39 is 11.8 Å². The number of nitrogens with zero attached hydrogens (tertiary/aromatic N) is 2. The number of aliphatic imine (C=N–C) groups is 1. The van der Waals surface area contributed by atoms with Gasteiger partial charge in [0.15, 0.2) is 0 Å². The van der Waals surface area contributed by atoms with Crippen LogP contribution in [0.5, 0.6) is 0 Å². The molecule has 0 atom stereocenters. The number of nitrogens with two attached hydrogens (primary N) is 1. The van der Waals surface area contributed by atoms with E-state index in [1.54, 1.807) is 14.1 Å². The van der Waals surface area contributed by atoms with E-state index in [-0.39, 0.29) is 25.5 Å². The van der Waals surface area contributed by atoms with Gasteiger partial charge in [0.25, 0.3) is 0 Å². The fourth-order valence-electron chi connectivity index (χ4n) is 1.49. The molecule has 4 N–H and O–H groups in total. The van der Waals surface area contributed by atoms with Crippen LogP contribution >= 0.6 is 0 Å². The molecule has 0 heterocycles. The Morgan fingerprint density at radius 2 is 1.82 bits per heavy atom. The molecule has 124 valence electrons. The summed E-state index contributed by atoms with van der Waals surface area (Å²) in [6.45, 7) is 1.92. The average Bonchev–Trinajstić information content (AvgIpc) is 2.53. The predicted molar refractivity (Wildman–Crippen MR) is 85.5 cm³/mol. The number of amides is 3. The third kappa shape index (κ3) is 8.85. The highest BCUT2D eigenvalue weighted by molar-refractivity contribution is 5.95. The maximum Gasteiger partial charge on any atom is 0.241 e. The van der Waals surface area contributed by atoms with Crippen molar-refractivity contribution in [2.75, 3.05) is 40.3 Å². The zero-order chi connectivity index (χ0) is 17.0. The minimum absolute atomic E-state index is 0.115. The summed E-state index contributed by atoms with van der Waals surface area (Å²) in [7, 11) is 3.36. The summed E-state index contributed by atoms with van der Waals surface area (Å²) in [6.07, 6.45) is 4.42. The normalized spacial score (nSPS) is 11.4. The fraction of sp³-hybridized carbons (Fsp3) is 0.571. The van der Waals surface area contributed by atoms with Gasteiger partial charge in [-0.05, 0) is 13.0 Å². The van der Waals surface area contributed by atoms with Gasteiger partial charge in [-0.2, -0.15) is 0 Å². The molecule has 3 amide bonds. The van der Waals surface area contributed by atoms with Crippen molar-refractivity contribution >= 4 is 23.4 Å². The third-order valence-corrected chi connectivity index (χ3v) is 2.84. The Balaban J connectivity index is 4.05.